The Morgan fingerprint density at radius 1 is 1.27 bits per heavy atom. The summed E-state index contributed by atoms with van der Waals surface area (Å²) in [6, 6.07) is 7.21. The molecule has 2 rings (SSSR count). The molecule has 2 N–H and O–H groups in total. The minimum atomic E-state index is -0.364. The maximum atomic E-state index is 11.8. The van der Waals surface area contributed by atoms with E-state index < -0.39 is 0 Å². The Kier molecular flexibility index (Phi) is 5.77. The number of ether oxygens (including phenoxy) is 2. The molecular formula is C16H22N2O4. The van der Waals surface area contributed by atoms with Crippen LogP contribution >= 0.6 is 0 Å². The largest absolute Gasteiger partial charge is 0.460 e. The van der Waals surface area contributed by atoms with Gasteiger partial charge >= 0.3 is 5.97 Å². The summed E-state index contributed by atoms with van der Waals surface area (Å²) in [4.78, 5) is 25.2. The van der Waals surface area contributed by atoms with E-state index in [4.69, 9.17) is 15.2 Å². The molecule has 0 unspecified atom stereocenters. The van der Waals surface area contributed by atoms with Gasteiger partial charge < -0.3 is 20.1 Å². The maximum absolute atomic E-state index is 11.8. The van der Waals surface area contributed by atoms with Crippen LogP contribution in [-0.2, 0) is 14.3 Å². The average Bonchev–Trinajstić information content (AvgIpc) is 2.55. The van der Waals surface area contributed by atoms with Gasteiger partial charge in [-0.3, -0.25) is 4.79 Å². The zero-order chi connectivity index (χ0) is 15.9. The molecule has 22 heavy (non-hydrogen) atoms. The number of nitrogens with zero attached hydrogens (tertiary/aromatic N) is 1. The highest BCUT2D eigenvalue weighted by Crippen LogP contribution is 2.23. The van der Waals surface area contributed by atoms with Crippen LogP contribution in [0.4, 0.5) is 5.69 Å². The van der Waals surface area contributed by atoms with E-state index in [1.165, 1.54) is 0 Å². The number of rotatable bonds is 6. The van der Waals surface area contributed by atoms with Crippen LogP contribution in [0.15, 0.2) is 24.3 Å². The summed E-state index contributed by atoms with van der Waals surface area (Å²) in [6.07, 6.45) is 1.78. The maximum Gasteiger partial charge on any atom is 0.338 e. The van der Waals surface area contributed by atoms with Gasteiger partial charge in [0.05, 0.1) is 18.1 Å². The molecule has 1 amide bonds. The third kappa shape index (κ3) is 4.21. The van der Waals surface area contributed by atoms with Crippen molar-refractivity contribution < 1.29 is 19.1 Å². The van der Waals surface area contributed by atoms with E-state index in [1.54, 1.807) is 19.2 Å². The Bertz CT molecular complexity index is 515. The van der Waals surface area contributed by atoms with Crippen LogP contribution in [0.2, 0.25) is 0 Å². The van der Waals surface area contributed by atoms with E-state index in [2.05, 4.69) is 4.90 Å². The van der Waals surface area contributed by atoms with E-state index in [1.807, 2.05) is 12.1 Å². The van der Waals surface area contributed by atoms with Crippen molar-refractivity contribution >= 4 is 17.6 Å². The third-order valence-corrected chi connectivity index (χ3v) is 3.81. The van der Waals surface area contributed by atoms with Crippen LogP contribution in [0.3, 0.4) is 0 Å². The van der Waals surface area contributed by atoms with E-state index in [-0.39, 0.29) is 24.4 Å². The molecule has 1 fully saturated rings. The zero-order valence-corrected chi connectivity index (χ0v) is 12.8. The number of piperidine rings is 1. The summed E-state index contributed by atoms with van der Waals surface area (Å²) in [5, 5.41) is 0. The van der Waals surface area contributed by atoms with Crippen molar-refractivity contribution in [1.29, 1.82) is 0 Å². The third-order valence-electron chi connectivity index (χ3n) is 3.81. The Balaban J connectivity index is 1.96. The molecule has 0 saturated carbocycles. The van der Waals surface area contributed by atoms with Gasteiger partial charge in [0, 0.05) is 25.9 Å². The Morgan fingerprint density at radius 2 is 2.00 bits per heavy atom. The van der Waals surface area contributed by atoms with Gasteiger partial charge in [-0.05, 0) is 37.1 Å². The van der Waals surface area contributed by atoms with Gasteiger partial charge in [0.25, 0.3) is 0 Å². The first kappa shape index (κ1) is 16.3. The number of methoxy groups -OCH3 is 1. The van der Waals surface area contributed by atoms with Crippen molar-refractivity contribution in [3.8, 4) is 0 Å². The van der Waals surface area contributed by atoms with Crippen molar-refractivity contribution in [2.45, 2.75) is 12.8 Å². The van der Waals surface area contributed by atoms with Crippen LogP contribution in [0.25, 0.3) is 0 Å². The normalized spacial score (nSPS) is 18.0. The highest BCUT2D eigenvalue weighted by atomic mass is 16.6. The van der Waals surface area contributed by atoms with Crippen molar-refractivity contribution in [1.82, 2.24) is 0 Å². The van der Waals surface area contributed by atoms with Crippen LogP contribution in [0, 0.1) is 5.92 Å². The molecular weight excluding hydrogens is 284 g/mol. The lowest BCUT2D eigenvalue weighted by molar-refractivity contribution is -0.122. The molecule has 0 radical (unpaired) electrons. The summed E-state index contributed by atoms with van der Waals surface area (Å²) in [5.41, 5.74) is 6.88. The summed E-state index contributed by atoms with van der Waals surface area (Å²) < 4.78 is 9.90. The molecule has 0 bridgehead atoms. The fraction of sp³-hybridized carbons (Fsp3) is 0.500. The number of hydrogen-bond acceptors (Lipinski definition) is 5. The first-order valence-electron chi connectivity index (χ1n) is 7.42. The Morgan fingerprint density at radius 3 is 2.64 bits per heavy atom. The summed E-state index contributed by atoms with van der Waals surface area (Å²) in [6.45, 7) is 2.14. The van der Waals surface area contributed by atoms with Gasteiger partial charge in [-0.2, -0.15) is 0 Å². The van der Waals surface area contributed by atoms with Crippen LogP contribution < -0.4 is 10.6 Å². The topological polar surface area (TPSA) is 81.9 Å². The first-order valence-corrected chi connectivity index (χ1v) is 7.42. The second-order valence-corrected chi connectivity index (χ2v) is 5.36. The molecule has 0 aliphatic carbocycles. The van der Waals surface area contributed by atoms with Crippen molar-refractivity contribution in [2.75, 3.05) is 38.3 Å². The molecule has 1 aliphatic rings. The molecule has 120 valence electrons. The summed E-state index contributed by atoms with van der Waals surface area (Å²) >= 11 is 0. The molecule has 1 atom stereocenters. The molecule has 1 aromatic rings. The van der Waals surface area contributed by atoms with Gasteiger partial charge in [0.1, 0.15) is 6.61 Å². The number of benzene rings is 1. The van der Waals surface area contributed by atoms with E-state index in [9.17, 15) is 9.59 Å². The van der Waals surface area contributed by atoms with Gasteiger partial charge in [0.15, 0.2) is 0 Å². The highest BCUT2D eigenvalue weighted by Gasteiger charge is 2.24. The molecule has 6 heteroatoms. The van der Waals surface area contributed by atoms with Crippen molar-refractivity contribution in [3.05, 3.63) is 29.8 Å². The Labute approximate surface area is 130 Å². The Hall–Kier alpha value is -2.08. The van der Waals surface area contributed by atoms with Crippen LogP contribution in [0.5, 0.6) is 0 Å². The average molecular weight is 306 g/mol. The summed E-state index contributed by atoms with van der Waals surface area (Å²) in [5.74, 6) is -0.715. The summed E-state index contributed by atoms with van der Waals surface area (Å²) in [7, 11) is 1.56. The molecule has 0 spiro atoms. The van der Waals surface area contributed by atoms with Crippen LogP contribution in [0.1, 0.15) is 23.2 Å². The number of amides is 1. The van der Waals surface area contributed by atoms with Gasteiger partial charge in [0.2, 0.25) is 5.91 Å². The quantitative estimate of drug-likeness (QED) is 0.630. The highest BCUT2D eigenvalue weighted by molar-refractivity contribution is 5.89. The van der Waals surface area contributed by atoms with Crippen molar-refractivity contribution in [2.24, 2.45) is 11.7 Å². The predicted molar refractivity (Wildman–Crippen MR) is 82.7 cm³/mol. The lowest BCUT2D eigenvalue weighted by atomic mass is 9.97. The smallest absolute Gasteiger partial charge is 0.338 e. The predicted octanol–water partition coefficient (Wildman–Crippen LogP) is 1.19. The number of anilines is 1. The van der Waals surface area contributed by atoms with Gasteiger partial charge in [-0.25, -0.2) is 4.79 Å². The minimum Gasteiger partial charge on any atom is -0.460 e. The number of carbonyl (C=O) groups excluding carboxylic acids is 2. The number of carbonyl (C=O) groups is 2. The number of primary amides is 1. The van der Waals surface area contributed by atoms with E-state index >= 15 is 0 Å². The standard InChI is InChI=1S/C16H22N2O4/c1-21-9-10-22-16(20)12-4-6-14(7-5-12)18-8-2-3-13(11-18)15(17)19/h4-7,13H,2-3,8-11H2,1H3,(H2,17,19)/t13-/m0/s1. The fourth-order valence-electron chi connectivity index (χ4n) is 2.55. The SMILES string of the molecule is COCCOC(=O)c1ccc(N2CCC[C@H](C(N)=O)C2)cc1. The molecule has 1 aliphatic heterocycles. The minimum absolute atomic E-state index is 0.104. The monoisotopic (exact) mass is 306 g/mol. The van der Waals surface area contributed by atoms with E-state index in [0.717, 1.165) is 25.1 Å². The van der Waals surface area contributed by atoms with E-state index in [0.29, 0.717) is 18.7 Å². The lowest BCUT2D eigenvalue weighted by Gasteiger charge is -2.33. The second kappa shape index (κ2) is 7.79. The molecule has 6 nitrogen and oxygen atoms in total. The van der Waals surface area contributed by atoms with Gasteiger partial charge in [-0.15, -0.1) is 0 Å². The van der Waals surface area contributed by atoms with Crippen LogP contribution in [-0.4, -0.2) is 45.3 Å². The van der Waals surface area contributed by atoms with Crippen molar-refractivity contribution in [3.63, 3.8) is 0 Å². The number of hydrogen-bond donors (Lipinski definition) is 1. The molecule has 1 heterocycles. The zero-order valence-electron chi connectivity index (χ0n) is 12.8. The van der Waals surface area contributed by atoms with Gasteiger partial charge in [-0.1, -0.05) is 0 Å². The fourth-order valence-corrected chi connectivity index (χ4v) is 2.55. The molecule has 0 aromatic heterocycles. The molecule has 1 saturated heterocycles. The lowest BCUT2D eigenvalue weighted by Crippen LogP contribution is -2.41. The number of nitrogens with two attached hydrogens (primary N) is 1. The first-order chi connectivity index (χ1) is 10.6. The second-order valence-electron chi connectivity index (χ2n) is 5.36. The number of esters is 1. The molecule has 1 aromatic carbocycles.